The van der Waals surface area contributed by atoms with Gasteiger partial charge in [-0.05, 0) is 139 Å². The molecule has 0 unspecified atom stereocenters. The summed E-state index contributed by atoms with van der Waals surface area (Å²) in [5.74, 6) is 2.44. The van der Waals surface area contributed by atoms with Crippen molar-refractivity contribution in [3.05, 3.63) is 244 Å². The maximum atomic E-state index is 4.47. The van der Waals surface area contributed by atoms with Gasteiger partial charge in [-0.15, -0.1) is 0 Å². The molecule has 0 aliphatic heterocycles. The van der Waals surface area contributed by atoms with Crippen molar-refractivity contribution in [3.8, 4) is 112 Å². The molecule has 0 N–H and O–H groups in total. The molecule has 0 aliphatic rings. The fourth-order valence-corrected chi connectivity index (χ4v) is 9.84. The number of rotatable bonds is 12. The van der Waals surface area contributed by atoms with Crippen LogP contribution in [0.1, 0.15) is 25.0 Å². The quantitative estimate of drug-likeness (QED) is 0.114. The van der Waals surface area contributed by atoms with Crippen molar-refractivity contribution in [1.29, 1.82) is 0 Å². The minimum absolute atomic E-state index is 0.520. The van der Waals surface area contributed by atoms with Gasteiger partial charge in [-0.1, -0.05) is 135 Å². The molecule has 0 aliphatic carbocycles. The Balaban J connectivity index is 1.01. The number of benzene rings is 8. The van der Waals surface area contributed by atoms with E-state index in [0.717, 1.165) is 89.0 Å². The first-order valence-corrected chi connectivity index (χ1v) is 24.3. The van der Waals surface area contributed by atoms with Crippen LogP contribution in [0.25, 0.3) is 112 Å². The highest BCUT2D eigenvalue weighted by Gasteiger charge is 2.30. The summed E-state index contributed by atoms with van der Waals surface area (Å²) >= 11 is 0. The Morgan fingerprint density at radius 2 is 0.453 bits per heavy atom. The van der Waals surface area contributed by atoms with Gasteiger partial charge in [0, 0.05) is 27.7 Å². The molecule has 0 bridgehead atoms. The van der Waals surface area contributed by atoms with Crippen LogP contribution in [0, 0.1) is 0 Å². The third-order valence-corrected chi connectivity index (χ3v) is 13.5. The Bertz CT molecular complexity index is 3530. The van der Waals surface area contributed by atoms with Gasteiger partial charge in [0.15, 0.2) is 23.3 Å². The summed E-state index contributed by atoms with van der Waals surface area (Å²) in [5, 5.41) is 0. The van der Waals surface area contributed by atoms with Gasteiger partial charge >= 0.3 is 0 Å². The second-order valence-electron chi connectivity index (χ2n) is 18.5. The molecule has 12 rings (SSSR count). The SMILES string of the molecule is CC(C)(c1ccccc1-c1cc(-c2cccc(-c3ncncn3)c2)cc(-c2cccc(-c3ncncn3)c2)c1)c1ccccc1-c1cc(-c2cccc(-c3ncncn3)c2)cc(-c2cccc(-c3ncncn3)c2)c1. The molecule has 0 radical (unpaired) electrons. The molecule has 8 aromatic carbocycles. The Kier molecular flexibility index (Phi) is 12.3. The highest BCUT2D eigenvalue weighted by atomic mass is 15.0. The molecule has 12 heteroatoms. The highest BCUT2D eigenvalue weighted by molar-refractivity contribution is 5.87. The molecule has 4 aromatic heterocycles. The Hall–Kier alpha value is -10.2. The Morgan fingerprint density at radius 1 is 0.227 bits per heavy atom. The lowest BCUT2D eigenvalue weighted by molar-refractivity contribution is 0.644. The maximum Gasteiger partial charge on any atom is 0.162 e. The van der Waals surface area contributed by atoms with Crippen LogP contribution in [-0.2, 0) is 5.41 Å². The van der Waals surface area contributed by atoms with E-state index in [2.05, 4.69) is 231 Å². The fraction of sp³-hybridized carbons (Fsp3) is 0.0476. The van der Waals surface area contributed by atoms with Crippen LogP contribution in [0.2, 0.25) is 0 Å². The third kappa shape index (κ3) is 9.54. The summed E-state index contributed by atoms with van der Waals surface area (Å²) in [6, 6.07) is 64.6. The minimum atomic E-state index is -0.520. The highest BCUT2D eigenvalue weighted by Crippen LogP contribution is 2.45. The minimum Gasteiger partial charge on any atom is -0.225 e. The third-order valence-electron chi connectivity index (χ3n) is 13.5. The molecule has 0 fully saturated rings. The van der Waals surface area contributed by atoms with E-state index in [4.69, 9.17) is 0 Å². The first kappa shape index (κ1) is 45.9. The summed E-state index contributed by atoms with van der Waals surface area (Å²) in [6.07, 6.45) is 12.2. The average molecular weight is 969 g/mol. The first-order valence-electron chi connectivity index (χ1n) is 24.3. The molecule has 0 saturated carbocycles. The molecule has 0 saturated heterocycles. The summed E-state index contributed by atoms with van der Waals surface area (Å²) in [5.41, 5.74) is 18.1. The van der Waals surface area contributed by atoms with Crippen LogP contribution < -0.4 is 0 Å². The van der Waals surface area contributed by atoms with Crippen molar-refractivity contribution in [2.75, 3.05) is 0 Å². The second kappa shape index (κ2) is 20.1. The van der Waals surface area contributed by atoms with Gasteiger partial charge in [0.1, 0.15) is 50.6 Å². The van der Waals surface area contributed by atoms with E-state index in [9.17, 15) is 0 Å². The lowest BCUT2D eigenvalue weighted by Crippen LogP contribution is -2.21. The monoisotopic (exact) mass is 968 g/mol. The molecule has 0 atom stereocenters. The van der Waals surface area contributed by atoms with Crippen LogP contribution in [0.15, 0.2) is 233 Å². The zero-order chi connectivity index (χ0) is 50.6. The summed E-state index contributed by atoms with van der Waals surface area (Å²) in [4.78, 5) is 52.0. The molecule has 4 heterocycles. The van der Waals surface area contributed by atoms with E-state index in [1.165, 1.54) is 61.7 Å². The van der Waals surface area contributed by atoms with Gasteiger partial charge in [-0.25, -0.2) is 59.8 Å². The van der Waals surface area contributed by atoms with Gasteiger partial charge in [-0.2, -0.15) is 0 Å². The number of nitrogens with zero attached hydrogens (tertiary/aromatic N) is 12. The zero-order valence-corrected chi connectivity index (χ0v) is 40.8. The summed E-state index contributed by atoms with van der Waals surface area (Å²) in [6.45, 7) is 4.65. The van der Waals surface area contributed by atoms with E-state index < -0.39 is 5.41 Å². The summed E-state index contributed by atoms with van der Waals surface area (Å²) < 4.78 is 0. The average Bonchev–Trinajstić information content (AvgIpc) is 3.50. The van der Waals surface area contributed by atoms with Crippen molar-refractivity contribution in [2.24, 2.45) is 0 Å². The van der Waals surface area contributed by atoms with Crippen LogP contribution in [-0.4, -0.2) is 59.8 Å². The normalized spacial score (nSPS) is 11.3. The molecule has 12 aromatic rings. The van der Waals surface area contributed by atoms with E-state index in [1.54, 1.807) is 0 Å². The second-order valence-corrected chi connectivity index (χ2v) is 18.5. The molecular weight excluding hydrogens is 925 g/mol. The molecule has 75 heavy (non-hydrogen) atoms. The molecule has 0 spiro atoms. The number of hydrogen-bond donors (Lipinski definition) is 0. The fourth-order valence-electron chi connectivity index (χ4n) is 9.84. The number of hydrogen-bond acceptors (Lipinski definition) is 12. The van der Waals surface area contributed by atoms with Gasteiger partial charge in [-0.3, -0.25) is 0 Å². The Morgan fingerprint density at radius 3 is 0.733 bits per heavy atom. The Labute approximate surface area is 433 Å². The van der Waals surface area contributed by atoms with Crippen molar-refractivity contribution in [3.63, 3.8) is 0 Å². The van der Waals surface area contributed by atoms with Crippen LogP contribution in [0.3, 0.4) is 0 Å². The lowest BCUT2D eigenvalue weighted by Gasteiger charge is -2.31. The maximum absolute atomic E-state index is 4.47. The number of aromatic nitrogens is 12. The predicted octanol–water partition coefficient (Wildman–Crippen LogP) is 13.4. The topological polar surface area (TPSA) is 155 Å². The van der Waals surface area contributed by atoms with Crippen LogP contribution in [0.5, 0.6) is 0 Å². The summed E-state index contributed by atoms with van der Waals surface area (Å²) in [7, 11) is 0. The molecule has 12 nitrogen and oxygen atoms in total. The van der Waals surface area contributed by atoms with Gasteiger partial charge in [0.25, 0.3) is 0 Å². The first-order chi connectivity index (χ1) is 36.9. The van der Waals surface area contributed by atoms with Gasteiger partial charge in [0.2, 0.25) is 0 Å². The van der Waals surface area contributed by atoms with E-state index in [-0.39, 0.29) is 0 Å². The standard InChI is InChI=1S/C63H44N12/c1-63(2,57-21-5-3-19-55(57)53-29-49(41-11-7-15-45(23-41)59-68-33-64-34-69-59)27-50(30-53)42-12-8-16-46(24-42)60-70-35-65-36-71-60)58-22-6-4-20-56(58)54-31-51(43-13-9-17-47(25-43)61-72-37-66-38-73-61)28-52(32-54)44-14-10-18-48(26-44)62-74-39-67-40-75-62/h3-40H,1-2H3. The smallest absolute Gasteiger partial charge is 0.162 e. The van der Waals surface area contributed by atoms with Gasteiger partial charge in [0.05, 0.1) is 0 Å². The van der Waals surface area contributed by atoms with E-state index in [1.807, 2.05) is 24.3 Å². The van der Waals surface area contributed by atoms with Crippen LogP contribution in [0.4, 0.5) is 0 Å². The molecular formula is C63H44N12. The van der Waals surface area contributed by atoms with E-state index >= 15 is 0 Å². The largest absolute Gasteiger partial charge is 0.225 e. The van der Waals surface area contributed by atoms with E-state index in [0.29, 0.717) is 23.3 Å². The zero-order valence-electron chi connectivity index (χ0n) is 40.8. The van der Waals surface area contributed by atoms with Crippen molar-refractivity contribution in [1.82, 2.24) is 59.8 Å². The molecule has 0 amide bonds. The predicted molar refractivity (Wildman–Crippen MR) is 293 cm³/mol. The van der Waals surface area contributed by atoms with Crippen molar-refractivity contribution < 1.29 is 0 Å². The van der Waals surface area contributed by atoms with Crippen LogP contribution >= 0.6 is 0 Å². The lowest BCUT2D eigenvalue weighted by atomic mass is 9.72. The molecule has 356 valence electrons. The van der Waals surface area contributed by atoms with Gasteiger partial charge < -0.3 is 0 Å². The van der Waals surface area contributed by atoms with Crippen molar-refractivity contribution in [2.45, 2.75) is 19.3 Å². The van der Waals surface area contributed by atoms with Crippen molar-refractivity contribution >= 4 is 0 Å².